The molecule has 13 nitrogen and oxygen atoms in total. The van der Waals surface area contributed by atoms with E-state index >= 15 is 0 Å². The number of amides is 6. The Balaban J connectivity index is 1.73. The van der Waals surface area contributed by atoms with Crippen LogP contribution in [0.4, 0.5) is 4.79 Å². The number of ether oxygens (including phenoxy) is 1. The molecule has 0 unspecified atom stereocenters. The zero-order valence-electron chi connectivity index (χ0n) is 22.6. The minimum absolute atomic E-state index is 0.0189. The number of carbonyl (C=O) groups excluding carboxylic acids is 5. The van der Waals surface area contributed by atoms with E-state index < -0.39 is 41.0 Å². The number of nitrogens with one attached hydrogen (secondary N) is 3. The number of hydrogen-bond acceptors (Lipinski definition) is 9. The minimum atomic E-state index is -1.62. The SMILES string of the molecule is C=CC[C@@]1([C@@H](C)C#CCc2cc(/C=N/NC(=O)C(=O)NCc3ccco3)c(O)c(OC)c2)C(=O)NC(=O)N(C)C1=O. The van der Waals surface area contributed by atoms with Crippen molar-refractivity contribution in [2.75, 3.05) is 14.2 Å². The Bertz CT molecular complexity index is 1450. The zero-order chi connectivity index (χ0) is 30.2. The van der Waals surface area contributed by atoms with Gasteiger partial charge in [0.25, 0.3) is 0 Å². The highest BCUT2D eigenvalue weighted by Gasteiger charge is 2.55. The lowest BCUT2D eigenvalue weighted by molar-refractivity contribution is -0.152. The summed E-state index contributed by atoms with van der Waals surface area (Å²) in [7, 11) is 2.63. The third-order valence-corrected chi connectivity index (χ3v) is 6.40. The van der Waals surface area contributed by atoms with Crippen LogP contribution in [0.3, 0.4) is 0 Å². The molecule has 2 aromatic rings. The number of furan rings is 1. The highest BCUT2D eigenvalue weighted by Crippen LogP contribution is 2.37. The number of carbonyl (C=O) groups is 5. The number of urea groups is 1. The zero-order valence-corrected chi connectivity index (χ0v) is 22.6. The minimum Gasteiger partial charge on any atom is -0.504 e. The summed E-state index contributed by atoms with van der Waals surface area (Å²) < 4.78 is 10.3. The molecule has 214 valence electrons. The molecule has 1 aliphatic heterocycles. The third-order valence-electron chi connectivity index (χ3n) is 6.40. The van der Waals surface area contributed by atoms with Crippen LogP contribution in [0.5, 0.6) is 11.5 Å². The molecular weight excluding hydrogens is 534 g/mol. The number of phenolic OH excluding ortho intramolecular Hbond substituents is 1. The van der Waals surface area contributed by atoms with E-state index in [0.29, 0.717) is 11.3 Å². The lowest BCUT2D eigenvalue weighted by Gasteiger charge is -2.39. The quantitative estimate of drug-likeness (QED) is 0.0878. The number of benzene rings is 1. The molecule has 1 fully saturated rings. The molecule has 0 aliphatic carbocycles. The van der Waals surface area contributed by atoms with Gasteiger partial charge >= 0.3 is 17.8 Å². The van der Waals surface area contributed by atoms with Crippen molar-refractivity contribution in [3.05, 3.63) is 60.1 Å². The van der Waals surface area contributed by atoms with E-state index in [4.69, 9.17) is 9.15 Å². The van der Waals surface area contributed by atoms with Crippen LogP contribution in [0.2, 0.25) is 0 Å². The molecule has 2 heterocycles. The molecule has 0 bridgehead atoms. The summed E-state index contributed by atoms with van der Waals surface area (Å²) in [5.74, 6) is 2.00. The van der Waals surface area contributed by atoms with E-state index in [9.17, 15) is 29.1 Å². The molecule has 0 saturated carbocycles. The first-order valence-corrected chi connectivity index (χ1v) is 12.3. The van der Waals surface area contributed by atoms with Gasteiger partial charge < -0.3 is 19.6 Å². The molecule has 0 spiro atoms. The molecule has 1 aromatic heterocycles. The summed E-state index contributed by atoms with van der Waals surface area (Å²) in [6, 6.07) is 5.54. The number of nitrogens with zero attached hydrogens (tertiary/aromatic N) is 2. The predicted octanol–water partition coefficient (Wildman–Crippen LogP) is 1.21. The molecule has 41 heavy (non-hydrogen) atoms. The average molecular weight is 564 g/mol. The van der Waals surface area contributed by atoms with Crippen molar-refractivity contribution in [3.63, 3.8) is 0 Å². The Morgan fingerprint density at radius 2 is 2.07 bits per heavy atom. The molecular formula is C28H29N5O8. The topological polar surface area (TPSA) is 180 Å². The molecule has 1 aromatic carbocycles. The Morgan fingerprint density at radius 3 is 2.73 bits per heavy atom. The van der Waals surface area contributed by atoms with E-state index in [1.165, 1.54) is 38.6 Å². The highest BCUT2D eigenvalue weighted by molar-refractivity contribution is 6.35. The van der Waals surface area contributed by atoms with Crippen molar-refractivity contribution in [1.29, 1.82) is 0 Å². The molecule has 13 heteroatoms. The van der Waals surface area contributed by atoms with E-state index in [1.54, 1.807) is 19.1 Å². The van der Waals surface area contributed by atoms with Crippen LogP contribution >= 0.6 is 0 Å². The number of hydrazone groups is 1. The Hall–Kier alpha value is -5.38. The molecule has 1 saturated heterocycles. The molecule has 0 radical (unpaired) electrons. The number of hydrogen-bond donors (Lipinski definition) is 4. The second kappa shape index (κ2) is 13.1. The van der Waals surface area contributed by atoms with Crippen LogP contribution < -0.4 is 20.8 Å². The number of aromatic hydroxyl groups is 1. The number of rotatable bonds is 9. The smallest absolute Gasteiger partial charge is 0.330 e. The summed E-state index contributed by atoms with van der Waals surface area (Å²) in [6.07, 6.45) is 4.09. The number of allylic oxidation sites excluding steroid dienone is 1. The van der Waals surface area contributed by atoms with Gasteiger partial charge in [0.05, 0.1) is 26.1 Å². The van der Waals surface area contributed by atoms with Gasteiger partial charge in [-0.2, -0.15) is 5.10 Å². The molecule has 6 amide bonds. The van der Waals surface area contributed by atoms with Gasteiger partial charge in [-0.05, 0) is 43.2 Å². The van der Waals surface area contributed by atoms with Gasteiger partial charge in [-0.3, -0.25) is 29.4 Å². The fourth-order valence-electron chi connectivity index (χ4n) is 4.09. The van der Waals surface area contributed by atoms with Crippen LogP contribution in [0.25, 0.3) is 0 Å². The van der Waals surface area contributed by atoms with Crippen LogP contribution in [0.1, 0.15) is 30.2 Å². The van der Waals surface area contributed by atoms with Gasteiger partial charge in [0.15, 0.2) is 11.5 Å². The second-order valence-electron chi connectivity index (χ2n) is 9.00. The number of imide groups is 2. The standard InChI is InChI=1S/C28H29N5O8/c1-5-11-28(25(37)31-27(39)33(3)26(28)38)17(2)8-6-9-18-13-19(22(34)21(14-18)40-4)15-30-32-24(36)23(35)29-16-20-10-7-12-41-20/h5,7,10,12-15,17,34H,1,9,11,16H2,2-4H3,(H,29,35)(H,32,36)(H,31,37,39)/b30-15+/t17-,28+/m0/s1. The molecule has 4 N–H and O–H groups in total. The fourth-order valence-corrected chi connectivity index (χ4v) is 4.09. The third kappa shape index (κ3) is 6.62. The van der Waals surface area contributed by atoms with Crippen molar-refractivity contribution >= 4 is 35.9 Å². The van der Waals surface area contributed by atoms with Crippen LogP contribution in [-0.2, 0) is 32.1 Å². The lowest BCUT2D eigenvalue weighted by Crippen LogP contribution is -2.64. The van der Waals surface area contributed by atoms with Crippen molar-refractivity contribution in [1.82, 2.24) is 21.0 Å². The van der Waals surface area contributed by atoms with E-state index in [-0.39, 0.29) is 36.4 Å². The first-order valence-electron chi connectivity index (χ1n) is 12.3. The number of barbiturate groups is 1. The van der Waals surface area contributed by atoms with Gasteiger partial charge in [0, 0.05) is 24.9 Å². The van der Waals surface area contributed by atoms with E-state index in [1.807, 2.05) is 0 Å². The van der Waals surface area contributed by atoms with E-state index in [0.717, 1.165) is 11.1 Å². The van der Waals surface area contributed by atoms with Gasteiger partial charge in [-0.25, -0.2) is 10.2 Å². The Kier molecular flexibility index (Phi) is 9.65. The van der Waals surface area contributed by atoms with Crippen LogP contribution in [0, 0.1) is 23.2 Å². The lowest BCUT2D eigenvalue weighted by atomic mass is 9.71. The van der Waals surface area contributed by atoms with Crippen molar-refractivity contribution < 1.29 is 38.2 Å². The summed E-state index contributed by atoms with van der Waals surface area (Å²) in [5, 5.41) is 18.8. The largest absolute Gasteiger partial charge is 0.504 e. The van der Waals surface area contributed by atoms with Crippen LogP contribution in [0.15, 0.2) is 52.7 Å². The molecule has 2 atom stereocenters. The first kappa shape index (κ1) is 30.2. The molecule has 1 aliphatic rings. The van der Waals surface area contributed by atoms with Gasteiger partial charge in [-0.1, -0.05) is 17.9 Å². The summed E-state index contributed by atoms with van der Waals surface area (Å²) in [6.45, 7) is 5.27. The summed E-state index contributed by atoms with van der Waals surface area (Å²) in [5.41, 5.74) is 1.19. The summed E-state index contributed by atoms with van der Waals surface area (Å²) >= 11 is 0. The van der Waals surface area contributed by atoms with Gasteiger partial charge in [0.2, 0.25) is 11.8 Å². The first-order chi connectivity index (χ1) is 19.5. The Morgan fingerprint density at radius 1 is 1.32 bits per heavy atom. The number of phenols is 1. The average Bonchev–Trinajstić information content (AvgIpc) is 3.48. The maximum atomic E-state index is 13.0. The molecule has 3 rings (SSSR count). The number of methoxy groups -OCH3 is 1. The van der Waals surface area contributed by atoms with Gasteiger partial charge in [-0.15, -0.1) is 6.58 Å². The monoisotopic (exact) mass is 563 g/mol. The van der Waals surface area contributed by atoms with Crippen molar-refractivity contribution in [3.8, 4) is 23.3 Å². The highest BCUT2D eigenvalue weighted by atomic mass is 16.5. The van der Waals surface area contributed by atoms with Crippen molar-refractivity contribution in [2.24, 2.45) is 16.4 Å². The Labute approximate surface area is 235 Å². The predicted molar refractivity (Wildman–Crippen MR) is 145 cm³/mol. The summed E-state index contributed by atoms with van der Waals surface area (Å²) in [4.78, 5) is 62.4. The maximum absolute atomic E-state index is 13.0. The van der Waals surface area contributed by atoms with E-state index in [2.05, 4.69) is 39.6 Å². The van der Waals surface area contributed by atoms with Crippen molar-refractivity contribution in [2.45, 2.75) is 26.3 Å². The maximum Gasteiger partial charge on any atom is 0.330 e. The van der Waals surface area contributed by atoms with Crippen LogP contribution in [-0.4, -0.2) is 60.0 Å². The van der Waals surface area contributed by atoms with Gasteiger partial charge in [0.1, 0.15) is 11.2 Å². The normalized spacial score (nSPS) is 17.3. The fraction of sp³-hybridized carbons (Fsp3) is 0.286. The second-order valence-corrected chi connectivity index (χ2v) is 9.00.